The highest BCUT2D eigenvalue weighted by Crippen LogP contribution is 2.26. The Balaban J connectivity index is 1.92. The fourth-order valence-corrected chi connectivity index (χ4v) is 2.17. The first-order valence-corrected chi connectivity index (χ1v) is 7.04. The number of pyridine rings is 1. The van der Waals surface area contributed by atoms with E-state index in [0.717, 1.165) is 5.56 Å². The van der Waals surface area contributed by atoms with E-state index >= 15 is 0 Å². The molecule has 1 N–H and O–H groups in total. The molecule has 1 heterocycles. The fraction of sp³-hybridized carbons (Fsp3) is 0.143. The van der Waals surface area contributed by atoms with Gasteiger partial charge in [0.05, 0.1) is 15.1 Å². The van der Waals surface area contributed by atoms with Gasteiger partial charge in [0.15, 0.2) is 0 Å². The number of nitrogens with zero attached hydrogens (tertiary/aromatic N) is 1. The predicted molar refractivity (Wildman–Crippen MR) is 82.7 cm³/mol. The number of nitrogens with one attached hydrogen (secondary N) is 1. The number of carbonyl (C=O) groups excluding carboxylic acids is 1. The maximum atomic E-state index is 11.8. The first-order chi connectivity index (χ1) is 9.56. The molecule has 0 aliphatic carbocycles. The van der Waals surface area contributed by atoms with Gasteiger partial charge in [-0.3, -0.25) is 4.79 Å². The van der Waals surface area contributed by atoms with Crippen molar-refractivity contribution in [3.63, 3.8) is 0 Å². The summed E-state index contributed by atoms with van der Waals surface area (Å²) in [5, 5.41) is 4.19. The Kier molecular flexibility index (Phi) is 5.24. The standard InChI is InChI=1S/C14H11Cl3N2O/c15-10-5-6-12(18-8-10)19-13(20)7-4-9-2-1-3-11(16)14(9)17/h1-3,5-6,8H,4,7H2,(H,18,19,20). The third-order valence-electron chi connectivity index (χ3n) is 2.65. The van der Waals surface area contributed by atoms with E-state index in [2.05, 4.69) is 10.3 Å². The van der Waals surface area contributed by atoms with Gasteiger partial charge in [0.25, 0.3) is 0 Å². The number of hydrogen-bond donors (Lipinski definition) is 1. The van der Waals surface area contributed by atoms with Gasteiger partial charge in [-0.1, -0.05) is 46.9 Å². The summed E-state index contributed by atoms with van der Waals surface area (Å²) in [5.41, 5.74) is 0.846. The summed E-state index contributed by atoms with van der Waals surface area (Å²) in [6, 6.07) is 8.68. The van der Waals surface area contributed by atoms with Crippen molar-refractivity contribution in [3.05, 3.63) is 57.2 Å². The Morgan fingerprint density at radius 1 is 1.15 bits per heavy atom. The van der Waals surface area contributed by atoms with E-state index in [1.807, 2.05) is 12.1 Å². The lowest BCUT2D eigenvalue weighted by atomic mass is 10.1. The number of amides is 1. The minimum Gasteiger partial charge on any atom is -0.311 e. The Morgan fingerprint density at radius 3 is 2.65 bits per heavy atom. The van der Waals surface area contributed by atoms with E-state index in [0.29, 0.717) is 33.7 Å². The lowest BCUT2D eigenvalue weighted by molar-refractivity contribution is -0.116. The number of halogens is 3. The maximum absolute atomic E-state index is 11.8. The van der Waals surface area contributed by atoms with Crippen LogP contribution in [0.25, 0.3) is 0 Å². The van der Waals surface area contributed by atoms with Gasteiger partial charge in [-0.15, -0.1) is 0 Å². The number of aryl methyl sites for hydroxylation is 1. The molecule has 20 heavy (non-hydrogen) atoms. The highest BCUT2D eigenvalue weighted by Gasteiger charge is 2.08. The van der Waals surface area contributed by atoms with E-state index in [-0.39, 0.29) is 5.91 Å². The van der Waals surface area contributed by atoms with Crippen molar-refractivity contribution in [3.8, 4) is 0 Å². The van der Waals surface area contributed by atoms with Gasteiger partial charge >= 0.3 is 0 Å². The first kappa shape index (κ1) is 15.1. The van der Waals surface area contributed by atoms with Crippen LogP contribution in [0.15, 0.2) is 36.5 Å². The van der Waals surface area contributed by atoms with Crippen molar-refractivity contribution in [2.75, 3.05) is 5.32 Å². The summed E-state index contributed by atoms with van der Waals surface area (Å²) in [6.07, 6.45) is 2.29. The molecule has 2 rings (SSSR count). The van der Waals surface area contributed by atoms with Crippen molar-refractivity contribution >= 4 is 46.5 Å². The Bertz CT molecular complexity index is 614. The number of aromatic nitrogens is 1. The molecule has 0 radical (unpaired) electrons. The van der Waals surface area contributed by atoms with Crippen LogP contribution in [0.4, 0.5) is 5.82 Å². The fourth-order valence-electron chi connectivity index (χ4n) is 1.64. The summed E-state index contributed by atoms with van der Waals surface area (Å²) in [6.45, 7) is 0. The van der Waals surface area contributed by atoms with Gasteiger partial charge in [-0.25, -0.2) is 4.98 Å². The molecule has 0 atom stereocenters. The summed E-state index contributed by atoms with van der Waals surface area (Å²) in [5.74, 6) is 0.326. The molecule has 1 aromatic heterocycles. The second kappa shape index (κ2) is 6.93. The molecule has 0 saturated heterocycles. The normalized spacial score (nSPS) is 10.3. The van der Waals surface area contributed by atoms with Gasteiger partial charge in [0, 0.05) is 12.6 Å². The lowest BCUT2D eigenvalue weighted by Gasteiger charge is -2.06. The smallest absolute Gasteiger partial charge is 0.225 e. The molecule has 0 bridgehead atoms. The van der Waals surface area contributed by atoms with Gasteiger partial charge < -0.3 is 5.32 Å². The SMILES string of the molecule is O=C(CCc1cccc(Cl)c1Cl)Nc1ccc(Cl)cn1. The molecular formula is C14H11Cl3N2O. The summed E-state index contributed by atoms with van der Waals surface area (Å²) in [7, 11) is 0. The van der Waals surface area contributed by atoms with Crippen LogP contribution >= 0.6 is 34.8 Å². The van der Waals surface area contributed by atoms with Crippen molar-refractivity contribution in [1.82, 2.24) is 4.98 Å². The molecule has 2 aromatic rings. The molecule has 0 fully saturated rings. The molecule has 0 unspecified atom stereocenters. The number of carbonyl (C=O) groups is 1. The number of rotatable bonds is 4. The zero-order valence-electron chi connectivity index (χ0n) is 10.4. The molecule has 0 aliphatic rings. The van der Waals surface area contributed by atoms with Crippen molar-refractivity contribution in [1.29, 1.82) is 0 Å². The van der Waals surface area contributed by atoms with Crippen LogP contribution < -0.4 is 5.32 Å². The van der Waals surface area contributed by atoms with Gasteiger partial charge in [-0.2, -0.15) is 0 Å². The van der Waals surface area contributed by atoms with E-state index in [4.69, 9.17) is 34.8 Å². The minimum atomic E-state index is -0.143. The zero-order chi connectivity index (χ0) is 14.5. The number of anilines is 1. The topological polar surface area (TPSA) is 42.0 Å². The Labute approximate surface area is 131 Å². The summed E-state index contributed by atoms with van der Waals surface area (Å²) < 4.78 is 0. The Morgan fingerprint density at radius 2 is 1.95 bits per heavy atom. The van der Waals surface area contributed by atoms with Crippen LogP contribution in [0.3, 0.4) is 0 Å². The van der Waals surface area contributed by atoms with E-state index in [1.54, 1.807) is 18.2 Å². The molecule has 0 saturated carbocycles. The van der Waals surface area contributed by atoms with Crippen molar-refractivity contribution in [2.24, 2.45) is 0 Å². The highest BCUT2D eigenvalue weighted by atomic mass is 35.5. The monoisotopic (exact) mass is 328 g/mol. The van der Waals surface area contributed by atoms with E-state index in [1.165, 1.54) is 6.20 Å². The van der Waals surface area contributed by atoms with Crippen LogP contribution in [-0.4, -0.2) is 10.9 Å². The third-order valence-corrected chi connectivity index (χ3v) is 3.73. The molecule has 6 heteroatoms. The van der Waals surface area contributed by atoms with Crippen LogP contribution in [0.5, 0.6) is 0 Å². The molecule has 1 aromatic carbocycles. The molecule has 0 aliphatic heterocycles. The largest absolute Gasteiger partial charge is 0.311 e. The first-order valence-electron chi connectivity index (χ1n) is 5.90. The quantitative estimate of drug-likeness (QED) is 0.889. The van der Waals surface area contributed by atoms with Crippen LogP contribution in [-0.2, 0) is 11.2 Å². The van der Waals surface area contributed by atoms with Gasteiger partial charge in [-0.05, 0) is 30.2 Å². The Hall–Kier alpha value is -1.29. The molecule has 104 valence electrons. The maximum Gasteiger partial charge on any atom is 0.225 e. The minimum absolute atomic E-state index is 0.143. The molecule has 1 amide bonds. The van der Waals surface area contributed by atoms with Crippen LogP contribution in [0.2, 0.25) is 15.1 Å². The van der Waals surface area contributed by atoms with Crippen LogP contribution in [0, 0.1) is 0 Å². The second-order valence-electron chi connectivity index (χ2n) is 4.12. The third kappa shape index (κ3) is 4.10. The highest BCUT2D eigenvalue weighted by molar-refractivity contribution is 6.42. The summed E-state index contributed by atoms with van der Waals surface area (Å²) in [4.78, 5) is 15.8. The second-order valence-corrected chi connectivity index (χ2v) is 5.34. The van der Waals surface area contributed by atoms with Crippen molar-refractivity contribution in [2.45, 2.75) is 12.8 Å². The van der Waals surface area contributed by atoms with Crippen molar-refractivity contribution < 1.29 is 4.79 Å². The summed E-state index contributed by atoms with van der Waals surface area (Å²) >= 11 is 17.7. The molecule has 3 nitrogen and oxygen atoms in total. The van der Waals surface area contributed by atoms with Gasteiger partial charge in [0.2, 0.25) is 5.91 Å². The molecular weight excluding hydrogens is 319 g/mol. The average molecular weight is 330 g/mol. The number of benzene rings is 1. The van der Waals surface area contributed by atoms with E-state index in [9.17, 15) is 4.79 Å². The average Bonchev–Trinajstić information content (AvgIpc) is 2.43. The number of hydrogen-bond acceptors (Lipinski definition) is 2. The zero-order valence-corrected chi connectivity index (χ0v) is 12.6. The van der Waals surface area contributed by atoms with Crippen LogP contribution in [0.1, 0.15) is 12.0 Å². The van der Waals surface area contributed by atoms with Gasteiger partial charge in [0.1, 0.15) is 5.82 Å². The van der Waals surface area contributed by atoms with E-state index < -0.39 is 0 Å². The molecule has 0 spiro atoms. The lowest BCUT2D eigenvalue weighted by Crippen LogP contribution is -2.13. The predicted octanol–water partition coefficient (Wildman–Crippen LogP) is 4.61.